The first kappa shape index (κ1) is 10.5. The lowest BCUT2D eigenvalue weighted by molar-refractivity contribution is 0.638. The van der Waals surface area contributed by atoms with Crippen molar-refractivity contribution < 1.29 is 0 Å². The monoisotopic (exact) mass is 204 g/mol. The van der Waals surface area contributed by atoms with E-state index in [1.54, 1.807) is 0 Å². The van der Waals surface area contributed by atoms with E-state index in [2.05, 4.69) is 19.1 Å². The highest BCUT2D eigenvalue weighted by Crippen LogP contribution is 2.31. The Balaban J connectivity index is 2.30. The molecule has 1 aliphatic rings. The quantitative estimate of drug-likeness (QED) is 0.743. The number of fused-ring (bicyclic) bond motifs is 1. The Morgan fingerprint density at radius 3 is 2.87 bits per heavy atom. The van der Waals surface area contributed by atoms with Crippen LogP contribution in [0.15, 0.2) is 12.1 Å². The van der Waals surface area contributed by atoms with Gasteiger partial charge in [0, 0.05) is 11.7 Å². The third-order valence-electron chi connectivity index (χ3n) is 3.30. The van der Waals surface area contributed by atoms with Gasteiger partial charge in [-0.3, -0.25) is 0 Å². The molecule has 0 saturated carbocycles. The molecule has 0 heterocycles. The molecule has 1 aliphatic carbocycles. The summed E-state index contributed by atoms with van der Waals surface area (Å²) in [4.78, 5) is 0. The lowest BCUT2D eigenvalue weighted by Gasteiger charge is -2.14. The molecule has 0 aromatic heterocycles. The van der Waals surface area contributed by atoms with Crippen molar-refractivity contribution in [2.45, 2.75) is 45.1 Å². The Bertz CT molecular complexity index is 358. The lowest BCUT2D eigenvalue weighted by Crippen LogP contribution is -2.11. The van der Waals surface area contributed by atoms with E-state index >= 15 is 0 Å². The Labute approximate surface area is 91.7 Å². The maximum Gasteiger partial charge on any atom is 0.0352 e. The molecule has 0 unspecified atom stereocenters. The van der Waals surface area contributed by atoms with Crippen LogP contribution in [0.2, 0.25) is 0 Å². The molecular weight excluding hydrogens is 184 g/mol. The summed E-state index contributed by atoms with van der Waals surface area (Å²) >= 11 is 0. The third kappa shape index (κ3) is 2.00. The van der Waals surface area contributed by atoms with Gasteiger partial charge in [0.15, 0.2) is 0 Å². The molecule has 0 radical (unpaired) electrons. The fourth-order valence-electron chi connectivity index (χ4n) is 2.46. The van der Waals surface area contributed by atoms with Gasteiger partial charge in [-0.15, -0.1) is 0 Å². The van der Waals surface area contributed by atoms with Gasteiger partial charge in [-0.2, -0.15) is 0 Å². The molecule has 0 fully saturated rings. The second kappa shape index (κ2) is 4.23. The Morgan fingerprint density at radius 1 is 1.33 bits per heavy atom. The number of rotatable bonds is 3. The molecule has 0 bridgehead atoms. The van der Waals surface area contributed by atoms with E-state index in [1.807, 2.05) is 0 Å². The second-order valence-corrected chi connectivity index (χ2v) is 4.50. The van der Waals surface area contributed by atoms with Crippen LogP contribution in [0.4, 0.5) is 5.69 Å². The van der Waals surface area contributed by atoms with Crippen molar-refractivity contribution in [3.8, 4) is 0 Å². The molecule has 0 aliphatic heterocycles. The molecule has 0 spiro atoms. The van der Waals surface area contributed by atoms with Crippen molar-refractivity contribution in [3.05, 3.63) is 28.8 Å². The van der Waals surface area contributed by atoms with Crippen LogP contribution in [-0.2, 0) is 12.8 Å². The summed E-state index contributed by atoms with van der Waals surface area (Å²) in [7, 11) is 0. The van der Waals surface area contributed by atoms with E-state index in [4.69, 9.17) is 11.5 Å². The van der Waals surface area contributed by atoms with Crippen molar-refractivity contribution in [1.82, 2.24) is 0 Å². The van der Waals surface area contributed by atoms with Crippen LogP contribution in [0.5, 0.6) is 0 Å². The number of nitrogen functional groups attached to an aromatic ring is 1. The SMILES string of the molecule is CCC[C@@H](N)c1cc(N)c2c(c1)CCC2. The fourth-order valence-corrected chi connectivity index (χ4v) is 2.46. The third-order valence-corrected chi connectivity index (χ3v) is 3.30. The summed E-state index contributed by atoms with van der Waals surface area (Å²) in [6.45, 7) is 2.16. The van der Waals surface area contributed by atoms with Crippen molar-refractivity contribution in [1.29, 1.82) is 0 Å². The fraction of sp³-hybridized carbons (Fsp3) is 0.538. The average molecular weight is 204 g/mol. The highest BCUT2D eigenvalue weighted by Gasteiger charge is 2.16. The van der Waals surface area contributed by atoms with Gasteiger partial charge in [-0.1, -0.05) is 19.4 Å². The van der Waals surface area contributed by atoms with Crippen LogP contribution >= 0.6 is 0 Å². The highest BCUT2D eigenvalue weighted by atomic mass is 14.6. The van der Waals surface area contributed by atoms with Gasteiger partial charge in [-0.05, 0) is 48.4 Å². The van der Waals surface area contributed by atoms with Gasteiger partial charge >= 0.3 is 0 Å². The summed E-state index contributed by atoms with van der Waals surface area (Å²) in [5.41, 5.74) is 17.1. The van der Waals surface area contributed by atoms with Gasteiger partial charge in [0.05, 0.1) is 0 Å². The van der Waals surface area contributed by atoms with Crippen molar-refractivity contribution >= 4 is 5.69 Å². The molecule has 2 heteroatoms. The number of hydrogen-bond acceptors (Lipinski definition) is 2. The molecule has 82 valence electrons. The van der Waals surface area contributed by atoms with Gasteiger partial charge < -0.3 is 11.5 Å². The van der Waals surface area contributed by atoms with Crippen LogP contribution in [0.1, 0.15) is 48.9 Å². The van der Waals surface area contributed by atoms with E-state index in [1.165, 1.54) is 29.5 Å². The van der Waals surface area contributed by atoms with Gasteiger partial charge in [0.1, 0.15) is 0 Å². The molecule has 2 rings (SSSR count). The van der Waals surface area contributed by atoms with E-state index in [-0.39, 0.29) is 6.04 Å². The van der Waals surface area contributed by atoms with E-state index in [0.29, 0.717) is 0 Å². The average Bonchev–Trinajstić information content (AvgIpc) is 2.66. The van der Waals surface area contributed by atoms with Crippen molar-refractivity contribution in [2.75, 3.05) is 5.73 Å². The Morgan fingerprint density at radius 2 is 2.13 bits per heavy atom. The van der Waals surface area contributed by atoms with Crippen LogP contribution in [-0.4, -0.2) is 0 Å². The first-order valence-electron chi connectivity index (χ1n) is 5.89. The highest BCUT2D eigenvalue weighted by molar-refractivity contribution is 5.55. The van der Waals surface area contributed by atoms with Crippen molar-refractivity contribution in [2.24, 2.45) is 5.73 Å². The number of benzene rings is 1. The molecule has 1 aromatic carbocycles. The minimum Gasteiger partial charge on any atom is -0.398 e. The smallest absolute Gasteiger partial charge is 0.0352 e. The molecule has 1 atom stereocenters. The first-order chi connectivity index (χ1) is 7.22. The van der Waals surface area contributed by atoms with E-state index in [9.17, 15) is 0 Å². The molecule has 15 heavy (non-hydrogen) atoms. The molecule has 2 nitrogen and oxygen atoms in total. The molecule has 0 amide bonds. The number of anilines is 1. The Kier molecular flexibility index (Phi) is 2.96. The van der Waals surface area contributed by atoms with Crippen LogP contribution in [0.3, 0.4) is 0 Å². The minimum atomic E-state index is 0.156. The van der Waals surface area contributed by atoms with Crippen molar-refractivity contribution in [3.63, 3.8) is 0 Å². The number of aryl methyl sites for hydroxylation is 1. The van der Waals surface area contributed by atoms with Crippen LogP contribution < -0.4 is 11.5 Å². The standard InChI is InChI=1S/C13H20N2/c1-2-4-12(14)10-7-9-5-3-6-11(9)13(15)8-10/h7-8,12H,2-6,14-15H2,1H3/t12-/m1/s1. The molecule has 1 aromatic rings. The summed E-state index contributed by atoms with van der Waals surface area (Å²) in [6, 6.07) is 4.49. The summed E-state index contributed by atoms with van der Waals surface area (Å²) < 4.78 is 0. The van der Waals surface area contributed by atoms with E-state index < -0.39 is 0 Å². The zero-order chi connectivity index (χ0) is 10.8. The maximum absolute atomic E-state index is 6.11. The van der Waals surface area contributed by atoms with Crippen LogP contribution in [0, 0.1) is 0 Å². The first-order valence-corrected chi connectivity index (χ1v) is 5.89. The summed E-state index contributed by atoms with van der Waals surface area (Å²) in [6.07, 6.45) is 5.72. The normalized spacial score (nSPS) is 16.4. The Hall–Kier alpha value is -1.02. The van der Waals surface area contributed by atoms with Gasteiger partial charge in [-0.25, -0.2) is 0 Å². The topological polar surface area (TPSA) is 52.0 Å². The number of nitrogens with two attached hydrogens (primary N) is 2. The predicted octanol–water partition coefficient (Wildman–Crippen LogP) is 2.56. The number of hydrogen-bond donors (Lipinski definition) is 2. The largest absolute Gasteiger partial charge is 0.398 e. The zero-order valence-electron chi connectivity index (χ0n) is 9.42. The summed E-state index contributed by atoms with van der Waals surface area (Å²) in [5, 5.41) is 0. The second-order valence-electron chi connectivity index (χ2n) is 4.50. The van der Waals surface area contributed by atoms with Crippen LogP contribution in [0.25, 0.3) is 0 Å². The molecule has 0 saturated heterocycles. The lowest BCUT2D eigenvalue weighted by atomic mass is 9.97. The minimum absolute atomic E-state index is 0.156. The molecular formula is C13H20N2. The zero-order valence-corrected chi connectivity index (χ0v) is 9.42. The predicted molar refractivity (Wildman–Crippen MR) is 64.7 cm³/mol. The van der Waals surface area contributed by atoms with E-state index in [0.717, 1.165) is 24.9 Å². The molecule has 4 N–H and O–H groups in total. The van der Waals surface area contributed by atoms with Gasteiger partial charge in [0.2, 0.25) is 0 Å². The van der Waals surface area contributed by atoms with Gasteiger partial charge in [0.25, 0.3) is 0 Å². The maximum atomic E-state index is 6.11. The summed E-state index contributed by atoms with van der Waals surface area (Å²) in [5.74, 6) is 0.